The highest BCUT2D eigenvalue weighted by atomic mass is 16.5. The summed E-state index contributed by atoms with van der Waals surface area (Å²) in [6.07, 6.45) is 0.444. The van der Waals surface area contributed by atoms with Crippen molar-refractivity contribution < 1.29 is 14.3 Å². The van der Waals surface area contributed by atoms with Crippen LogP contribution in [0, 0.1) is 20.8 Å². The lowest BCUT2D eigenvalue weighted by Crippen LogP contribution is -2.22. The summed E-state index contributed by atoms with van der Waals surface area (Å²) in [5.74, 6) is 1.08. The Labute approximate surface area is 168 Å². The zero-order valence-corrected chi connectivity index (χ0v) is 16.9. The molecule has 1 N–H and O–H groups in total. The first-order valence-corrected chi connectivity index (χ1v) is 9.31. The topological polar surface area (TPSA) is 99.0 Å². The molecule has 3 rings (SSSR count). The molecule has 1 amide bonds. The highest BCUT2D eigenvalue weighted by molar-refractivity contribution is 5.96. The molecule has 29 heavy (non-hydrogen) atoms. The molecular formula is C21H23N5O3. The number of nitrogens with one attached hydrogen (secondary N) is 1. The van der Waals surface area contributed by atoms with Crippen LogP contribution in [0.4, 0.5) is 5.82 Å². The van der Waals surface area contributed by atoms with Crippen molar-refractivity contribution >= 4 is 17.5 Å². The van der Waals surface area contributed by atoms with Crippen LogP contribution in [0.3, 0.4) is 0 Å². The molecule has 2 aromatic heterocycles. The summed E-state index contributed by atoms with van der Waals surface area (Å²) >= 11 is 0. The third-order valence-corrected chi connectivity index (χ3v) is 4.13. The summed E-state index contributed by atoms with van der Waals surface area (Å²) in [7, 11) is 0. The predicted molar refractivity (Wildman–Crippen MR) is 109 cm³/mol. The minimum Gasteiger partial charge on any atom is -0.484 e. The Morgan fingerprint density at radius 2 is 1.66 bits per heavy atom. The second kappa shape index (κ2) is 8.64. The zero-order chi connectivity index (χ0) is 21.0. The molecule has 0 saturated carbocycles. The number of rotatable bonds is 7. The van der Waals surface area contributed by atoms with E-state index in [9.17, 15) is 9.59 Å². The summed E-state index contributed by atoms with van der Waals surface area (Å²) in [6, 6.07) is 10.3. The van der Waals surface area contributed by atoms with Crippen molar-refractivity contribution in [1.82, 2.24) is 19.7 Å². The molecule has 0 saturated heterocycles. The number of benzene rings is 1. The molecule has 0 fully saturated rings. The number of aryl methyl sites for hydroxylation is 3. The van der Waals surface area contributed by atoms with Gasteiger partial charge in [-0.3, -0.25) is 9.59 Å². The quantitative estimate of drug-likeness (QED) is 0.619. The Morgan fingerprint density at radius 1 is 1.00 bits per heavy atom. The molecule has 3 aromatic rings. The minimum atomic E-state index is -0.343. The lowest BCUT2D eigenvalue weighted by atomic mass is 10.1. The average molecular weight is 393 g/mol. The first kappa shape index (κ1) is 20.2. The molecule has 0 bridgehead atoms. The van der Waals surface area contributed by atoms with Crippen molar-refractivity contribution in [2.75, 3.05) is 11.9 Å². The average Bonchev–Trinajstić information content (AvgIpc) is 3.05. The summed E-state index contributed by atoms with van der Waals surface area (Å²) in [6.45, 7) is 7.20. The molecule has 1 aromatic carbocycles. The fourth-order valence-electron chi connectivity index (χ4n) is 2.81. The van der Waals surface area contributed by atoms with Gasteiger partial charge in [0.1, 0.15) is 11.6 Å². The Bertz CT molecular complexity index is 1020. The summed E-state index contributed by atoms with van der Waals surface area (Å²) in [5.41, 5.74) is 2.97. The van der Waals surface area contributed by atoms with Crippen molar-refractivity contribution in [3.8, 4) is 11.7 Å². The van der Waals surface area contributed by atoms with E-state index in [2.05, 4.69) is 20.4 Å². The molecule has 0 aliphatic heterocycles. The van der Waals surface area contributed by atoms with E-state index in [1.165, 1.54) is 4.68 Å². The molecule has 150 valence electrons. The van der Waals surface area contributed by atoms with Gasteiger partial charge in [-0.15, -0.1) is 0 Å². The highest BCUT2D eigenvalue weighted by Gasteiger charge is 2.14. The Balaban J connectivity index is 1.67. The number of carbonyl (C=O) groups excluding carboxylic acids is 2. The smallest absolute Gasteiger partial charge is 0.263 e. The molecule has 0 aliphatic carbocycles. The fourth-order valence-corrected chi connectivity index (χ4v) is 2.81. The second-order valence-electron chi connectivity index (χ2n) is 6.67. The van der Waals surface area contributed by atoms with Gasteiger partial charge in [0.2, 0.25) is 0 Å². The number of ether oxygens (including phenoxy) is 1. The SMILES string of the molecule is CCC(=O)c1ccc(OCC(=O)Nc2cc(C)nn2-c2nc(C)cc(C)n2)cc1. The number of aromatic nitrogens is 4. The largest absolute Gasteiger partial charge is 0.484 e. The number of nitrogens with zero attached hydrogens (tertiary/aromatic N) is 4. The molecule has 0 aliphatic rings. The fraction of sp³-hybridized carbons (Fsp3) is 0.286. The molecule has 2 heterocycles. The minimum absolute atomic E-state index is 0.0616. The third kappa shape index (κ3) is 5.04. The first-order chi connectivity index (χ1) is 13.9. The predicted octanol–water partition coefficient (Wildman–Crippen LogP) is 3.20. The normalized spacial score (nSPS) is 10.6. The molecule has 8 nitrogen and oxygen atoms in total. The van der Waals surface area contributed by atoms with Crippen molar-refractivity contribution in [3.05, 3.63) is 59.0 Å². The monoisotopic (exact) mass is 393 g/mol. The second-order valence-corrected chi connectivity index (χ2v) is 6.67. The maximum atomic E-state index is 12.4. The van der Waals surface area contributed by atoms with E-state index in [4.69, 9.17) is 4.74 Å². The Hall–Kier alpha value is -3.55. The van der Waals surface area contributed by atoms with E-state index in [1.807, 2.05) is 33.8 Å². The highest BCUT2D eigenvalue weighted by Crippen LogP contribution is 2.16. The van der Waals surface area contributed by atoms with Crippen LogP contribution in [-0.2, 0) is 4.79 Å². The van der Waals surface area contributed by atoms with E-state index in [0.717, 1.165) is 17.1 Å². The number of hydrogen-bond acceptors (Lipinski definition) is 6. The van der Waals surface area contributed by atoms with Crippen LogP contribution in [-0.4, -0.2) is 38.0 Å². The van der Waals surface area contributed by atoms with Gasteiger partial charge in [0.05, 0.1) is 5.69 Å². The number of ketones is 1. The summed E-state index contributed by atoms with van der Waals surface area (Å²) < 4.78 is 7.01. The van der Waals surface area contributed by atoms with E-state index in [-0.39, 0.29) is 18.3 Å². The summed E-state index contributed by atoms with van der Waals surface area (Å²) in [5, 5.41) is 7.15. The Morgan fingerprint density at radius 3 is 2.28 bits per heavy atom. The molecule has 8 heteroatoms. The van der Waals surface area contributed by atoms with Crippen LogP contribution >= 0.6 is 0 Å². The molecule has 0 unspecified atom stereocenters. The lowest BCUT2D eigenvalue weighted by molar-refractivity contribution is -0.118. The third-order valence-electron chi connectivity index (χ3n) is 4.13. The summed E-state index contributed by atoms with van der Waals surface area (Å²) in [4.78, 5) is 32.8. The number of carbonyl (C=O) groups is 2. The number of anilines is 1. The van der Waals surface area contributed by atoms with Crippen LogP contribution in [0.25, 0.3) is 5.95 Å². The Kier molecular flexibility index (Phi) is 6.01. The van der Waals surface area contributed by atoms with Gasteiger partial charge in [-0.05, 0) is 51.1 Å². The molecule has 0 radical (unpaired) electrons. The molecule has 0 atom stereocenters. The van der Waals surface area contributed by atoms with E-state index in [1.54, 1.807) is 30.3 Å². The number of Topliss-reactive ketones (excluding diaryl/α,β-unsaturated/α-hetero) is 1. The van der Waals surface area contributed by atoms with E-state index >= 15 is 0 Å². The van der Waals surface area contributed by atoms with Crippen molar-refractivity contribution in [3.63, 3.8) is 0 Å². The van der Waals surface area contributed by atoms with Gasteiger partial charge >= 0.3 is 0 Å². The van der Waals surface area contributed by atoms with Gasteiger partial charge in [-0.2, -0.15) is 9.78 Å². The van der Waals surface area contributed by atoms with Crippen LogP contribution in [0.1, 0.15) is 40.8 Å². The van der Waals surface area contributed by atoms with Gasteiger partial charge < -0.3 is 10.1 Å². The standard InChI is InChI=1S/C21H23N5O3/c1-5-18(27)16-6-8-17(9-7-16)29-12-20(28)24-19-11-15(4)25-26(19)21-22-13(2)10-14(3)23-21/h6-11H,5,12H2,1-4H3,(H,24,28). The van der Waals surface area contributed by atoms with Crippen molar-refractivity contribution in [2.45, 2.75) is 34.1 Å². The van der Waals surface area contributed by atoms with Gasteiger partial charge in [-0.1, -0.05) is 6.92 Å². The van der Waals surface area contributed by atoms with Crippen molar-refractivity contribution in [2.24, 2.45) is 0 Å². The van der Waals surface area contributed by atoms with Crippen LogP contribution in [0.5, 0.6) is 5.75 Å². The maximum Gasteiger partial charge on any atom is 0.263 e. The van der Waals surface area contributed by atoms with Crippen molar-refractivity contribution in [1.29, 1.82) is 0 Å². The first-order valence-electron chi connectivity index (χ1n) is 9.31. The number of hydrogen-bond donors (Lipinski definition) is 1. The zero-order valence-electron chi connectivity index (χ0n) is 16.9. The molecular weight excluding hydrogens is 370 g/mol. The van der Waals surface area contributed by atoms with Gasteiger partial charge in [-0.25, -0.2) is 9.97 Å². The van der Waals surface area contributed by atoms with Gasteiger partial charge in [0, 0.05) is 29.4 Å². The van der Waals surface area contributed by atoms with E-state index < -0.39 is 0 Å². The number of amides is 1. The lowest BCUT2D eigenvalue weighted by Gasteiger charge is -2.10. The van der Waals surface area contributed by atoms with Crippen LogP contribution in [0.2, 0.25) is 0 Å². The van der Waals surface area contributed by atoms with Crippen LogP contribution < -0.4 is 10.1 Å². The molecule has 0 spiro atoms. The van der Waals surface area contributed by atoms with Gasteiger partial charge in [0.25, 0.3) is 11.9 Å². The van der Waals surface area contributed by atoms with Crippen LogP contribution in [0.15, 0.2) is 36.4 Å². The van der Waals surface area contributed by atoms with Gasteiger partial charge in [0.15, 0.2) is 12.4 Å². The maximum absolute atomic E-state index is 12.4. The van der Waals surface area contributed by atoms with E-state index in [0.29, 0.717) is 29.5 Å².